The third-order valence-corrected chi connectivity index (χ3v) is 3.15. The van der Waals surface area contributed by atoms with Crippen molar-refractivity contribution >= 4 is 17.5 Å². The number of hydrogen-bond donors (Lipinski definition) is 2. The van der Waals surface area contributed by atoms with Gasteiger partial charge in [-0.2, -0.15) is 0 Å². The molecular weight excluding hydrogens is 272 g/mol. The van der Waals surface area contributed by atoms with Crippen LogP contribution in [0.25, 0.3) is 0 Å². The highest BCUT2D eigenvalue weighted by molar-refractivity contribution is 6.00. The Labute approximate surface area is 124 Å². The number of nitrogens with one attached hydrogen (secondary N) is 2. The van der Waals surface area contributed by atoms with Gasteiger partial charge in [0.25, 0.3) is 11.8 Å². The zero-order chi connectivity index (χ0) is 15.8. The molecule has 0 bridgehead atoms. The number of carbonyl (C=O) groups is 2. The largest absolute Gasteiger partial charge is 0.383 e. The van der Waals surface area contributed by atoms with Crippen molar-refractivity contribution in [2.75, 3.05) is 32.7 Å². The van der Waals surface area contributed by atoms with E-state index >= 15 is 0 Å². The smallest absolute Gasteiger partial charge is 0.253 e. The van der Waals surface area contributed by atoms with E-state index in [1.54, 1.807) is 39.2 Å². The molecule has 2 N–H and O–H groups in total. The van der Waals surface area contributed by atoms with Gasteiger partial charge < -0.3 is 20.1 Å². The van der Waals surface area contributed by atoms with Gasteiger partial charge >= 0.3 is 0 Å². The summed E-state index contributed by atoms with van der Waals surface area (Å²) < 4.78 is 9.85. The number of amides is 2. The molecule has 6 nitrogen and oxygen atoms in total. The van der Waals surface area contributed by atoms with Crippen LogP contribution in [0.15, 0.2) is 18.2 Å². The van der Waals surface area contributed by atoms with Gasteiger partial charge in [0, 0.05) is 32.0 Å². The van der Waals surface area contributed by atoms with Crippen LogP contribution in [-0.2, 0) is 14.3 Å². The molecule has 1 rings (SSSR count). The molecule has 0 aliphatic carbocycles. The molecule has 0 radical (unpaired) electrons. The molecule has 0 saturated carbocycles. The SMILES string of the molecule is COCCNC(=O)c1cccc(NC(=O)C(C)OC)c1C. The zero-order valence-corrected chi connectivity index (χ0v) is 12.9. The average molecular weight is 294 g/mol. The Kier molecular flexibility index (Phi) is 6.84. The van der Waals surface area contributed by atoms with E-state index in [-0.39, 0.29) is 11.8 Å². The molecule has 6 heteroatoms. The number of hydrogen-bond acceptors (Lipinski definition) is 4. The van der Waals surface area contributed by atoms with Crippen molar-refractivity contribution in [3.8, 4) is 0 Å². The van der Waals surface area contributed by atoms with E-state index < -0.39 is 6.10 Å². The first-order valence-corrected chi connectivity index (χ1v) is 6.71. The maximum atomic E-state index is 12.1. The first-order chi connectivity index (χ1) is 10.0. The summed E-state index contributed by atoms with van der Waals surface area (Å²) in [4.78, 5) is 23.9. The van der Waals surface area contributed by atoms with Crippen molar-refractivity contribution in [1.29, 1.82) is 0 Å². The Morgan fingerprint density at radius 1 is 1.29 bits per heavy atom. The van der Waals surface area contributed by atoms with Gasteiger partial charge in [0.2, 0.25) is 0 Å². The molecule has 116 valence electrons. The van der Waals surface area contributed by atoms with E-state index in [1.807, 2.05) is 0 Å². The maximum absolute atomic E-state index is 12.1. The van der Waals surface area contributed by atoms with Crippen LogP contribution in [0.1, 0.15) is 22.8 Å². The summed E-state index contributed by atoms with van der Waals surface area (Å²) in [6, 6.07) is 5.19. The molecule has 1 unspecified atom stereocenters. The number of ether oxygens (including phenoxy) is 2. The van der Waals surface area contributed by atoms with Crippen LogP contribution in [-0.4, -0.2) is 45.3 Å². The number of anilines is 1. The highest BCUT2D eigenvalue weighted by atomic mass is 16.5. The average Bonchev–Trinajstić information content (AvgIpc) is 2.48. The van der Waals surface area contributed by atoms with Crippen LogP contribution >= 0.6 is 0 Å². The minimum Gasteiger partial charge on any atom is -0.383 e. The van der Waals surface area contributed by atoms with Gasteiger partial charge in [-0.1, -0.05) is 6.07 Å². The van der Waals surface area contributed by atoms with Crippen LogP contribution < -0.4 is 10.6 Å². The fraction of sp³-hybridized carbons (Fsp3) is 0.467. The van der Waals surface area contributed by atoms with Crippen molar-refractivity contribution in [1.82, 2.24) is 5.32 Å². The van der Waals surface area contributed by atoms with Gasteiger partial charge in [0.15, 0.2) is 0 Å². The van der Waals surface area contributed by atoms with Crippen molar-refractivity contribution in [3.63, 3.8) is 0 Å². The lowest BCUT2D eigenvalue weighted by atomic mass is 10.1. The molecule has 0 spiro atoms. The van der Waals surface area contributed by atoms with Gasteiger partial charge in [-0.15, -0.1) is 0 Å². The molecule has 0 aliphatic heterocycles. The third kappa shape index (κ3) is 4.84. The van der Waals surface area contributed by atoms with Crippen LogP contribution in [0.4, 0.5) is 5.69 Å². The monoisotopic (exact) mass is 294 g/mol. The Balaban J connectivity index is 2.83. The maximum Gasteiger partial charge on any atom is 0.253 e. The fourth-order valence-corrected chi connectivity index (χ4v) is 1.72. The second-order valence-electron chi connectivity index (χ2n) is 4.59. The quantitative estimate of drug-likeness (QED) is 0.744. The Morgan fingerprint density at radius 2 is 2.00 bits per heavy atom. The molecule has 0 saturated heterocycles. The van der Waals surface area contributed by atoms with Crippen LogP contribution in [0.3, 0.4) is 0 Å². The van der Waals surface area contributed by atoms with E-state index in [0.29, 0.717) is 30.0 Å². The number of methoxy groups -OCH3 is 2. The van der Waals surface area contributed by atoms with Gasteiger partial charge in [0.05, 0.1) is 6.61 Å². The molecule has 0 aromatic heterocycles. The molecule has 1 atom stereocenters. The van der Waals surface area contributed by atoms with E-state index in [4.69, 9.17) is 9.47 Å². The second-order valence-corrected chi connectivity index (χ2v) is 4.59. The molecule has 0 fully saturated rings. The van der Waals surface area contributed by atoms with Gasteiger partial charge in [-0.25, -0.2) is 0 Å². The minimum atomic E-state index is -0.552. The fourth-order valence-electron chi connectivity index (χ4n) is 1.72. The second kappa shape index (κ2) is 8.39. The zero-order valence-electron chi connectivity index (χ0n) is 12.9. The number of benzene rings is 1. The lowest BCUT2D eigenvalue weighted by Crippen LogP contribution is -2.29. The molecule has 1 aromatic rings. The molecule has 21 heavy (non-hydrogen) atoms. The summed E-state index contributed by atoms with van der Waals surface area (Å²) in [7, 11) is 3.04. The summed E-state index contributed by atoms with van der Waals surface area (Å²) >= 11 is 0. The normalized spacial score (nSPS) is 11.8. The highest BCUT2D eigenvalue weighted by Crippen LogP contribution is 2.19. The molecular formula is C15H22N2O4. The standard InChI is InChI=1S/C15H22N2O4/c1-10-12(15(19)16-8-9-20-3)6-5-7-13(10)17-14(18)11(2)21-4/h5-7,11H,8-9H2,1-4H3,(H,16,19)(H,17,18). The summed E-state index contributed by atoms with van der Waals surface area (Å²) in [6.07, 6.45) is -0.552. The topological polar surface area (TPSA) is 76.7 Å². The van der Waals surface area contributed by atoms with Gasteiger partial charge in [0.1, 0.15) is 6.10 Å². The Hall–Kier alpha value is -1.92. The third-order valence-electron chi connectivity index (χ3n) is 3.15. The van der Waals surface area contributed by atoms with Crippen molar-refractivity contribution < 1.29 is 19.1 Å². The molecule has 1 aromatic carbocycles. The summed E-state index contributed by atoms with van der Waals surface area (Å²) in [5.41, 5.74) is 1.83. The lowest BCUT2D eigenvalue weighted by molar-refractivity contribution is -0.124. The molecule has 0 heterocycles. The lowest BCUT2D eigenvalue weighted by Gasteiger charge is -2.14. The number of rotatable bonds is 7. The first kappa shape index (κ1) is 17.1. The van der Waals surface area contributed by atoms with Crippen molar-refractivity contribution in [2.24, 2.45) is 0 Å². The van der Waals surface area contributed by atoms with Crippen LogP contribution in [0, 0.1) is 6.92 Å². The minimum absolute atomic E-state index is 0.194. The van der Waals surface area contributed by atoms with Gasteiger partial charge in [-0.3, -0.25) is 9.59 Å². The summed E-state index contributed by atoms with van der Waals surface area (Å²) in [6.45, 7) is 4.34. The van der Waals surface area contributed by atoms with Gasteiger partial charge in [-0.05, 0) is 31.5 Å². The predicted octanol–water partition coefficient (Wildman–Crippen LogP) is 1.34. The predicted molar refractivity (Wildman–Crippen MR) is 80.5 cm³/mol. The summed E-state index contributed by atoms with van der Waals surface area (Å²) in [5, 5.41) is 5.51. The van der Waals surface area contributed by atoms with E-state index in [1.165, 1.54) is 7.11 Å². The van der Waals surface area contributed by atoms with Crippen LogP contribution in [0.2, 0.25) is 0 Å². The molecule has 0 aliphatic rings. The van der Waals surface area contributed by atoms with Crippen molar-refractivity contribution in [2.45, 2.75) is 20.0 Å². The van der Waals surface area contributed by atoms with Crippen molar-refractivity contribution in [3.05, 3.63) is 29.3 Å². The number of carbonyl (C=O) groups excluding carboxylic acids is 2. The van der Waals surface area contributed by atoms with E-state index in [2.05, 4.69) is 10.6 Å². The van der Waals surface area contributed by atoms with E-state index in [9.17, 15) is 9.59 Å². The summed E-state index contributed by atoms with van der Waals surface area (Å²) in [5.74, 6) is -0.446. The highest BCUT2D eigenvalue weighted by Gasteiger charge is 2.15. The van der Waals surface area contributed by atoms with Crippen LogP contribution in [0.5, 0.6) is 0 Å². The Morgan fingerprint density at radius 3 is 2.62 bits per heavy atom. The Bertz CT molecular complexity index is 502. The first-order valence-electron chi connectivity index (χ1n) is 6.71. The van der Waals surface area contributed by atoms with E-state index in [0.717, 1.165) is 0 Å². The molecule has 2 amide bonds.